The van der Waals surface area contributed by atoms with E-state index in [-0.39, 0.29) is 35.2 Å². The van der Waals surface area contributed by atoms with Crippen LogP contribution in [0.5, 0.6) is 0 Å². The predicted molar refractivity (Wildman–Crippen MR) is 125 cm³/mol. The second kappa shape index (κ2) is 10.3. The second-order valence-electron chi connectivity index (χ2n) is 8.47. The molecular formula is C22H22ClN5O9. The number of aromatic carboxylic acids is 1. The van der Waals surface area contributed by atoms with Crippen LogP contribution in [0.4, 0.5) is 5.82 Å². The lowest BCUT2D eigenvalue weighted by atomic mass is 9.93. The van der Waals surface area contributed by atoms with Crippen molar-refractivity contribution < 1.29 is 44.3 Å². The Labute approximate surface area is 213 Å². The largest absolute Gasteiger partial charge is 0.479 e. The Hall–Kier alpha value is -3.85. The van der Waals surface area contributed by atoms with Gasteiger partial charge in [-0.3, -0.25) is 0 Å². The number of hydrogen-bond acceptors (Lipinski definition) is 10. The smallest absolute Gasteiger partial charge is 0.348 e. The summed E-state index contributed by atoms with van der Waals surface area (Å²) in [5.41, 5.74) is 3.99. The van der Waals surface area contributed by atoms with E-state index < -0.39 is 54.8 Å². The van der Waals surface area contributed by atoms with Gasteiger partial charge in [0.25, 0.3) is 5.60 Å². The third-order valence-corrected chi connectivity index (χ3v) is 6.17. The van der Waals surface area contributed by atoms with Crippen molar-refractivity contribution in [3.8, 4) is 0 Å². The minimum Gasteiger partial charge on any atom is -0.479 e. The molecule has 2 aromatic heterocycles. The molecule has 0 unspecified atom stereocenters. The van der Waals surface area contributed by atoms with Crippen molar-refractivity contribution in [3.05, 3.63) is 47.0 Å². The Bertz CT molecular complexity index is 1330. The fraction of sp³-hybridized carbons (Fsp3) is 0.364. The maximum absolute atomic E-state index is 12.0. The number of carboxylic acids is 3. The molecule has 3 atom stereocenters. The number of aliphatic hydroxyl groups excluding tert-OH is 1. The number of aromatic nitrogens is 4. The molecule has 0 radical (unpaired) electrons. The molecule has 1 fully saturated rings. The summed E-state index contributed by atoms with van der Waals surface area (Å²) in [5.74, 6) is -4.57. The van der Waals surface area contributed by atoms with Gasteiger partial charge in [-0.25, -0.2) is 19.4 Å². The number of carboxylic acid groups (broad SMARTS) is 3. The molecule has 0 saturated carbocycles. The third kappa shape index (κ3) is 5.32. The van der Waals surface area contributed by atoms with Gasteiger partial charge in [-0.1, -0.05) is 12.1 Å². The number of nitrogens with zero attached hydrogens (tertiary/aromatic N) is 4. The monoisotopic (exact) mass is 535 g/mol. The number of aliphatic carboxylic acids is 2. The molecule has 196 valence electrons. The van der Waals surface area contributed by atoms with Gasteiger partial charge < -0.3 is 40.2 Å². The lowest BCUT2D eigenvalue weighted by molar-refractivity contribution is -0.187. The molecule has 15 heteroatoms. The Balaban J connectivity index is 1.46. The molecule has 1 aromatic carbocycles. The van der Waals surface area contributed by atoms with Crippen molar-refractivity contribution >= 4 is 46.5 Å². The summed E-state index contributed by atoms with van der Waals surface area (Å²) in [6, 6.07) is 5.10. The fourth-order valence-electron chi connectivity index (χ4n) is 4.06. The summed E-state index contributed by atoms with van der Waals surface area (Å²) in [6.07, 6.45) is -1.65. The Morgan fingerprint density at radius 3 is 2.46 bits per heavy atom. The molecule has 6 N–H and O–H groups in total. The van der Waals surface area contributed by atoms with Gasteiger partial charge >= 0.3 is 17.9 Å². The molecule has 0 amide bonds. The number of rotatable bonds is 10. The molecule has 1 aliphatic heterocycles. The average molecular weight is 536 g/mol. The van der Waals surface area contributed by atoms with Crippen LogP contribution in [0.25, 0.3) is 11.2 Å². The zero-order valence-corrected chi connectivity index (χ0v) is 19.8. The molecule has 37 heavy (non-hydrogen) atoms. The van der Waals surface area contributed by atoms with E-state index in [1.807, 2.05) is 0 Å². The minimum absolute atomic E-state index is 0.0394. The fourth-order valence-corrected chi connectivity index (χ4v) is 4.23. The lowest BCUT2D eigenvalue weighted by Gasteiger charge is -2.27. The minimum atomic E-state index is -2.66. The van der Waals surface area contributed by atoms with Crippen molar-refractivity contribution in [2.75, 3.05) is 12.3 Å². The highest BCUT2D eigenvalue weighted by atomic mass is 35.5. The third-order valence-electron chi connectivity index (χ3n) is 6.00. The molecule has 0 bridgehead atoms. The predicted octanol–water partition coefficient (Wildman–Crippen LogP) is 0.446. The first-order valence-electron chi connectivity index (χ1n) is 10.9. The molecule has 1 aliphatic rings. The zero-order chi connectivity index (χ0) is 26.9. The van der Waals surface area contributed by atoms with Crippen molar-refractivity contribution in [3.63, 3.8) is 0 Å². The number of halogens is 1. The number of ether oxygens (including phenoxy) is 2. The Morgan fingerprint density at radius 1 is 1.16 bits per heavy atom. The Morgan fingerprint density at radius 2 is 1.84 bits per heavy atom. The van der Waals surface area contributed by atoms with Gasteiger partial charge in [0.2, 0.25) is 5.28 Å². The lowest BCUT2D eigenvalue weighted by Crippen LogP contribution is -2.52. The number of nitrogen functional groups attached to an aromatic ring is 1. The highest BCUT2D eigenvalue weighted by Crippen LogP contribution is 2.27. The first kappa shape index (κ1) is 26.2. The van der Waals surface area contributed by atoms with Gasteiger partial charge in [0.1, 0.15) is 11.6 Å². The van der Waals surface area contributed by atoms with Gasteiger partial charge in [-0.2, -0.15) is 9.97 Å². The summed E-state index contributed by atoms with van der Waals surface area (Å²) in [6.45, 7) is -0.342. The number of fused-ring (bicyclic) bond motifs is 1. The maximum atomic E-state index is 12.0. The van der Waals surface area contributed by atoms with E-state index in [1.54, 1.807) is 4.57 Å². The van der Waals surface area contributed by atoms with Crippen LogP contribution in [0.15, 0.2) is 30.6 Å². The van der Waals surface area contributed by atoms with Gasteiger partial charge in [0, 0.05) is 12.8 Å². The van der Waals surface area contributed by atoms with Gasteiger partial charge in [0.05, 0.1) is 37.3 Å². The topological polar surface area (TPSA) is 220 Å². The number of carbonyl (C=O) groups is 3. The van der Waals surface area contributed by atoms with E-state index in [1.165, 1.54) is 30.6 Å². The van der Waals surface area contributed by atoms with Crippen LogP contribution in [0.3, 0.4) is 0 Å². The summed E-state index contributed by atoms with van der Waals surface area (Å²) in [5, 5.41) is 39.0. The van der Waals surface area contributed by atoms with Crippen molar-refractivity contribution in [1.82, 2.24) is 19.5 Å². The van der Waals surface area contributed by atoms with Crippen LogP contribution in [-0.4, -0.2) is 88.4 Å². The van der Waals surface area contributed by atoms with Crippen LogP contribution in [0.2, 0.25) is 5.28 Å². The van der Waals surface area contributed by atoms with Crippen LogP contribution < -0.4 is 5.73 Å². The molecule has 0 aliphatic carbocycles. The van der Waals surface area contributed by atoms with Crippen LogP contribution >= 0.6 is 11.6 Å². The highest BCUT2D eigenvalue weighted by molar-refractivity contribution is 6.28. The van der Waals surface area contributed by atoms with Gasteiger partial charge in [-0.05, 0) is 29.3 Å². The van der Waals surface area contributed by atoms with E-state index in [0.717, 1.165) is 0 Å². The van der Waals surface area contributed by atoms with E-state index in [0.29, 0.717) is 11.2 Å². The van der Waals surface area contributed by atoms with Crippen molar-refractivity contribution in [2.24, 2.45) is 0 Å². The summed E-state index contributed by atoms with van der Waals surface area (Å²) >= 11 is 5.87. The number of benzene rings is 1. The Kier molecular flexibility index (Phi) is 7.27. The first-order chi connectivity index (χ1) is 17.5. The van der Waals surface area contributed by atoms with E-state index >= 15 is 0 Å². The molecule has 14 nitrogen and oxygen atoms in total. The first-order valence-corrected chi connectivity index (χ1v) is 11.3. The van der Waals surface area contributed by atoms with E-state index in [4.69, 9.17) is 31.9 Å². The molecule has 0 spiro atoms. The average Bonchev–Trinajstić information content (AvgIpc) is 3.39. The molecule has 1 saturated heterocycles. The summed E-state index contributed by atoms with van der Waals surface area (Å²) < 4.78 is 12.8. The molecule has 3 aromatic rings. The van der Waals surface area contributed by atoms with Crippen LogP contribution in [0, 0.1) is 0 Å². The standard InChI is InChI=1S/C22H22ClN5O9/c23-21-26-16(24)15-17(27-21)28(9-25-15)7-14-13(29)5-12(37-14)8-36-22(19(32)33,20(34)35)6-10-1-3-11(4-2-10)18(30)31/h1-4,9,12-14,29H,5-8H2,(H,30,31)(H,32,33)(H,34,35)(H2,24,26,27)/t12-,13+,14-/m0/s1. The van der Waals surface area contributed by atoms with Crippen molar-refractivity contribution in [1.29, 1.82) is 0 Å². The van der Waals surface area contributed by atoms with Crippen LogP contribution in [-0.2, 0) is 32.0 Å². The number of aliphatic hydroxyl groups is 1. The molecule has 4 rings (SSSR count). The van der Waals surface area contributed by atoms with Gasteiger partial charge in [-0.15, -0.1) is 0 Å². The maximum Gasteiger partial charge on any atom is 0.348 e. The number of imidazole rings is 1. The van der Waals surface area contributed by atoms with Crippen LogP contribution in [0.1, 0.15) is 22.3 Å². The zero-order valence-electron chi connectivity index (χ0n) is 19.0. The normalized spacial score (nSPS) is 19.8. The quantitative estimate of drug-likeness (QED) is 0.176. The van der Waals surface area contributed by atoms with Gasteiger partial charge in [0.15, 0.2) is 11.5 Å². The van der Waals surface area contributed by atoms with Crippen molar-refractivity contribution in [2.45, 2.75) is 43.3 Å². The number of anilines is 1. The SMILES string of the molecule is Nc1nc(Cl)nc2c1ncn2C[C@@H]1O[C@H](COC(Cc2ccc(C(=O)O)cc2)(C(=O)O)C(=O)O)C[C@H]1O. The summed E-state index contributed by atoms with van der Waals surface area (Å²) in [7, 11) is 0. The number of hydrogen-bond donors (Lipinski definition) is 5. The molecular weight excluding hydrogens is 514 g/mol. The van der Waals surface area contributed by atoms with E-state index in [2.05, 4.69) is 15.0 Å². The number of nitrogens with two attached hydrogens (primary N) is 1. The van der Waals surface area contributed by atoms with E-state index in [9.17, 15) is 29.7 Å². The molecule has 3 heterocycles. The second-order valence-corrected chi connectivity index (χ2v) is 8.81. The highest BCUT2D eigenvalue weighted by Gasteiger charge is 2.49. The summed E-state index contributed by atoms with van der Waals surface area (Å²) in [4.78, 5) is 47.2.